The second-order valence-corrected chi connectivity index (χ2v) is 6.17. The number of hydrogen-bond acceptors (Lipinski definition) is 7. The van der Waals surface area contributed by atoms with Gasteiger partial charge >= 0.3 is 0 Å². The second kappa shape index (κ2) is 7.94. The molecular weight excluding hydrogens is 314 g/mol. The second-order valence-electron chi connectivity index (χ2n) is 5.11. The molecule has 0 saturated carbocycles. The predicted molar refractivity (Wildman–Crippen MR) is 84.2 cm³/mol. The van der Waals surface area contributed by atoms with Crippen LogP contribution in [0, 0.1) is 11.3 Å². The third-order valence-corrected chi connectivity index (χ3v) is 4.39. The van der Waals surface area contributed by atoms with Gasteiger partial charge in [-0.3, -0.25) is 0 Å². The lowest BCUT2D eigenvalue weighted by Gasteiger charge is -2.10. The van der Waals surface area contributed by atoms with Gasteiger partial charge < -0.3 is 9.47 Å². The van der Waals surface area contributed by atoms with Crippen molar-refractivity contribution in [3.05, 3.63) is 29.8 Å². The molecule has 1 fully saturated rings. The number of benzene rings is 1. The van der Waals surface area contributed by atoms with E-state index >= 15 is 0 Å². The van der Waals surface area contributed by atoms with E-state index in [1.165, 1.54) is 0 Å². The molecule has 8 heteroatoms. The Kier molecular flexibility index (Phi) is 5.45. The summed E-state index contributed by atoms with van der Waals surface area (Å²) in [4.78, 5) is 0. The molecule has 0 bridgehead atoms. The summed E-state index contributed by atoms with van der Waals surface area (Å²) >= 11 is 1.56. The minimum Gasteiger partial charge on any atom is -0.493 e. The number of rotatable bonds is 7. The molecule has 2 heterocycles. The van der Waals surface area contributed by atoms with Gasteiger partial charge in [-0.15, -0.1) is 5.10 Å². The van der Waals surface area contributed by atoms with Gasteiger partial charge in [0.2, 0.25) is 5.16 Å². The Labute approximate surface area is 138 Å². The third kappa shape index (κ3) is 4.43. The fraction of sp³-hybridized carbons (Fsp3) is 0.467. The van der Waals surface area contributed by atoms with E-state index < -0.39 is 0 Å². The highest BCUT2D eigenvalue weighted by molar-refractivity contribution is 7.99. The molecule has 0 unspecified atom stereocenters. The molecule has 1 aromatic heterocycles. The minimum atomic E-state index is 0.216. The van der Waals surface area contributed by atoms with Crippen LogP contribution in [0.5, 0.6) is 5.75 Å². The van der Waals surface area contributed by atoms with Crippen molar-refractivity contribution in [1.82, 2.24) is 20.2 Å². The summed E-state index contributed by atoms with van der Waals surface area (Å²) in [5, 5.41) is 21.3. The van der Waals surface area contributed by atoms with Crippen LogP contribution in [0.3, 0.4) is 0 Å². The molecule has 1 aromatic carbocycles. The summed E-state index contributed by atoms with van der Waals surface area (Å²) in [6, 6.07) is 9.15. The van der Waals surface area contributed by atoms with Gasteiger partial charge in [0.1, 0.15) is 5.75 Å². The van der Waals surface area contributed by atoms with Gasteiger partial charge in [-0.25, -0.2) is 4.68 Å². The van der Waals surface area contributed by atoms with Crippen LogP contribution in [0.2, 0.25) is 0 Å². The van der Waals surface area contributed by atoms with Gasteiger partial charge in [0, 0.05) is 12.4 Å². The Morgan fingerprint density at radius 1 is 1.39 bits per heavy atom. The smallest absolute Gasteiger partial charge is 0.209 e. The van der Waals surface area contributed by atoms with Gasteiger partial charge in [0.25, 0.3) is 0 Å². The molecule has 0 spiro atoms. The lowest BCUT2D eigenvalue weighted by Crippen LogP contribution is -2.17. The van der Waals surface area contributed by atoms with Crippen LogP contribution < -0.4 is 4.74 Å². The van der Waals surface area contributed by atoms with Crippen LogP contribution >= 0.6 is 11.8 Å². The minimum absolute atomic E-state index is 0.216. The highest BCUT2D eigenvalue weighted by atomic mass is 32.2. The summed E-state index contributed by atoms with van der Waals surface area (Å²) in [6.07, 6.45) is 2.38. The zero-order valence-corrected chi connectivity index (χ0v) is 13.4. The predicted octanol–water partition coefficient (Wildman–Crippen LogP) is 1.89. The van der Waals surface area contributed by atoms with Gasteiger partial charge in [0.05, 0.1) is 30.9 Å². The van der Waals surface area contributed by atoms with Crippen LogP contribution in [0.4, 0.5) is 0 Å². The molecule has 0 N–H and O–H groups in total. The summed E-state index contributed by atoms with van der Waals surface area (Å²) in [6.45, 7) is 2.07. The van der Waals surface area contributed by atoms with Crippen molar-refractivity contribution in [3.8, 4) is 11.8 Å². The van der Waals surface area contributed by atoms with E-state index in [9.17, 15) is 0 Å². The molecule has 0 amide bonds. The van der Waals surface area contributed by atoms with Crippen LogP contribution in [0.15, 0.2) is 29.4 Å². The van der Waals surface area contributed by atoms with E-state index in [-0.39, 0.29) is 6.10 Å². The van der Waals surface area contributed by atoms with E-state index in [0.717, 1.165) is 36.1 Å². The van der Waals surface area contributed by atoms with Crippen molar-refractivity contribution in [3.63, 3.8) is 0 Å². The Hall–Kier alpha value is -2.11. The number of aromatic nitrogens is 4. The van der Waals surface area contributed by atoms with E-state index in [1.54, 1.807) is 40.7 Å². The topological polar surface area (TPSA) is 85.9 Å². The van der Waals surface area contributed by atoms with Gasteiger partial charge in [-0.05, 0) is 47.5 Å². The fourth-order valence-electron chi connectivity index (χ4n) is 2.31. The third-order valence-electron chi connectivity index (χ3n) is 3.47. The number of tetrazole rings is 1. The van der Waals surface area contributed by atoms with Crippen molar-refractivity contribution in [1.29, 1.82) is 5.26 Å². The first-order valence-electron chi connectivity index (χ1n) is 7.48. The van der Waals surface area contributed by atoms with Crippen molar-refractivity contribution in [2.75, 3.05) is 19.0 Å². The average molecular weight is 331 g/mol. The standard InChI is InChI=1S/C15H17N5O2S/c16-10-12-3-5-13(6-4-12)22-8-9-23-15-17-18-19-20(15)11-14-2-1-7-21-14/h3-6,14H,1-2,7-9,11H2/t14-/m1/s1. The molecule has 23 heavy (non-hydrogen) atoms. The Bertz CT molecular complexity index is 661. The number of nitriles is 1. The maximum Gasteiger partial charge on any atom is 0.209 e. The Morgan fingerprint density at radius 3 is 3.00 bits per heavy atom. The summed E-state index contributed by atoms with van der Waals surface area (Å²) < 4.78 is 13.0. The molecule has 1 atom stereocenters. The summed E-state index contributed by atoms with van der Waals surface area (Å²) in [5.41, 5.74) is 0.625. The summed E-state index contributed by atoms with van der Waals surface area (Å²) in [5.74, 6) is 1.50. The van der Waals surface area contributed by atoms with Gasteiger partial charge in [-0.1, -0.05) is 11.8 Å². The average Bonchev–Trinajstić information content (AvgIpc) is 3.25. The molecule has 7 nitrogen and oxygen atoms in total. The number of ether oxygens (including phenoxy) is 2. The monoisotopic (exact) mass is 331 g/mol. The lowest BCUT2D eigenvalue weighted by molar-refractivity contribution is 0.0912. The van der Waals surface area contributed by atoms with Gasteiger partial charge in [0.15, 0.2) is 0 Å². The first kappa shape index (κ1) is 15.8. The maximum absolute atomic E-state index is 8.75. The first-order chi connectivity index (χ1) is 11.3. The summed E-state index contributed by atoms with van der Waals surface area (Å²) in [7, 11) is 0. The van der Waals surface area contributed by atoms with E-state index in [0.29, 0.717) is 18.7 Å². The van der Waals surface area contributed by atoms with E-state index in [1.807, 2.05) is 0 Å². The maximum atomic E-state index is 8.75. The lowest BCUT2D eigenvalue weighted by atomic mass is 10.2. The van der Waals surface area contributed by atoms with Crippen LogP contribution in [-0.4, -0.2) is 45.3 Å². The normalized spacial score (nSPS) is 17.1. The fourth-order valence-corrected chi connectivity index (χ4v) is 3.02. The van der Waals surface area contributed by atoms with E-state index in [4.69, 9.17) is 14.7 Å². The molecule has 3 rings (SSSR count). The van der Waals surface area contributed by atoms with Crippen molar-refractivity contribution >= 4 is 11.8 Å². The Morgan fingerprint density at radius 2 is 2.26 bits per heavy atom. The molecular formula is C15H17N5O2S. The van der Waals surface area contributed by atoms with E-state index in [2.05, 4.69) is 21.6 Å². The van der Waals surface area contributed by atoms with Crippen LogP contribution in [0.25, 0.3) is 0 Å². The zero-order chi connectivity index (χ0) is 15.9. The largest absolute Gasteiger partial charge is 0.493 e. The zero-order valence-electron chi connectivity index (χ0n) is 12.6. The molecule has 2 aromatic rings. The molecule has 0 radical (unpaired) electrons. The number of thioether (sulfide) groups is 1. The van der Waals surface area contributed by atoms with Gasteiger partial charge in [-0.2, -0.15) is 5.26 Å². The van der Waals surface area contributed by atoms with Crippen LogP contribution in [-0.2, 0) is 11.3 Å². The number of hydrogen-bond donors (Lipinski definition) is 0. The molecule has 1 saturated heterocycles. The molecule has 120 valence electrons. The first-order valence-corrected chi connectivity index (χ1v) is 8.47. The van der Waals surface area contributed by atoms with Crippen molar-refractivity contribution in [2.45, 2.75) is 30.6 Å². The highest BCUT2D eigenvalue weighted by Gasteiger charge is 2.18. The quantitative estimate of drug-likeness (QED) is 0.565. The molecule has 1 aliphatic rings. The molecule has 1 aliphatic heterocycles. The molecule has 0 aliphatic carbocycles. The highest BCUT2D eigenvalue weighted by Crippen LogP contribution is 2.19. The SMILES string of the molecule is N#Cc1ccc(OCCSc2nnnn2C[C@H]2CCCO2)cc1. The van der Waals surface area contributed by atoms with Crippen LogP contribution in [0.1, 0.15) is 18.4 Å². The van der Waals surface area contributed by atoms with Crippen molar-refractivity contribution in [2.24, 2.45) is 0 Å². The number of nitrogens with zero attached hydrogens (tertiary/aromatic N) is 5. The van der Waals surface area contributed by atoms with Crippen molar-refractivity contribution < 1.29 is 9.47 Å². The Balaban J connectivity index is 1.43.